The number of hydrogen-bond donors (Lipinski definition) is 1. The molecule has 2 atom stereocenters. The van der Waals surface area contributed by atoms with Crippen molar-refractivity contribution in [3.63, 3.8) is 0 Å². The summed E-state index contributed by atoms with van der Waals surface area (Å²) in [4.78, 5) is 6.08. The maximum absolute atomic E-state index is 4.65. The van der Waals surface area contributed by atoms with E-state index >= 15 is 0 Å². The predicted molar refractivity (Wildman–Crippen MR) is 88.7 cm³/mol. The zero-order valence-electron chi connectivity index (χ0n) is 12.7. The number of imidazole rings is 1. The molecule has 0 saturated carbocycles. The first-order valence-corrected chi connectivity index (χ1v) is 8.70. The van der Waals surface area contributed by atoms with Crippen molar-refractivity contribution in [2.45, 2.75) is 49.4 Å². The molecule has 0 saturated heterocycles. The molecule has 2 unspecified atom stereocenters. The Morgan fingerprint density at radius 2 is 2.24 bits per heavy atom. The lowest BCUT2D eigenvalue weighted by Crippen LogP contribution is -2.32. The van der Waals surface area contributed by atoms with E-state index in [1.807, 2.05) is 18.0 Å². The molecule has 1 aromatic heterocycles. The molecule has 112 valence electrons. The van der Waals surface area contributed by atoms with Crippen LogP contribution in [0.2, 0.25) is 0 Å². The highest BCUT2D eigenvalue weighted by Crippen LogP contribution is 2.42. The molecular formula is C17H23N3S. The zero-order chi connectivity index (χ0) is 14.7. The van der Waals surface area contributed by atoms with Crippen LogP contribution >= 0.6 is 11.8 Å². The number of hydrogen-bond acceptors (Lipinski definition) is 3. The molecule has 4 heteroatoms. The Bertz CT molecular complexity index is 568. The van der Waals surface area contributed by atoms with E-state index in [1.54, 1.807) is 0 Å². The van der Waals surface area contributed by atoms with Gasteiger partial charge in [-0.25, -0.2) is 4.98 Å². The minimum Gasteiger partial charge on any atom is -0.334 e. The molecule has 1 aliphatic heterocycles. The number of fused-ring (bicyclic) bond motifs is 1. The van der Waals surface area contributed by atoms with E-state index in [4.69, 9.17) is 0 Å². The van der Waals surface area contributed by atoms with Crippen LogP contribution in [0.4, 0.5) is 0 Å². The van der Waals surface area contributed by atoms with Gasteiger partial charge in [-0.2, -0.15) is 0 Å². The zero-order valence-corrected chi connectivity index (χ0v) is 13.6. The first kappa shape index (κ1) is 14.7. The van der Waals surface area contributed by atoms with E-state index in [0.29, 0.717) is 11.3 Å². The summed E-state index contributed by atoms with van der Waals surface area (Å²) in [6.07, 6.45) is 6.30. The molecule has 0 spiro atoms. The summed E-state index contributed by atoms with van der Waals surface area (Å²) in [5.74, 6) is 1.18. The van der Waals surface area contributed by atoms with Crippen molar-refractivity contribution in [1.82, 2.24) is 14.9 Å². The van der Waals surface area contributed by atoms with Crippen LogP contribution in [0.1, 0.15) is 37.7 Å². The lowest BCUT2D eigenvalue weighted by atomic mass is 10.0. The third-order valence-corrected chi connectivity index (χ3v) is 5.35. The third kappa shape index (κ3) is 3.01. The smallest absolute Gasteiger partial charge is 0.127 e. The second-order valence-electron chi connectivity index (χ2n) is 5.48. The van der Waals surface area contributed by atoms with Gasteiger partial charge in [0.1, 0.15) is 5.82 Å². The molecule has 1 aliphatic rings. The Kier molecular flexibility index (Phi) is 4.66. The summed E-state index contributed by atoms with van der Waals surface area (Å²) in [5.41, 5.74) is 1.48. The van der Waals surface area contributed by atoms with E-state index in [2.05, 4.69) is 59.2 Å². The van der Waals surface area contributed by atoms with Crippen molar-refractivity contribution < 1.29 is 0 Å². The highest BCUT2D eigenvalue weighted by molar-refractivity contribution is 8.00. The monoisotopic (exact) mass is 301 g/mol. The van der Waals surface area contributed by atoms with Crippen LogP contribution in [0.25, 0.3) is 0 Å². The molecule has 3 rings (SSSR count). The lowest BCUT2D eigenvalue weighted by Gasteiger charge is -2.24. The lowest BCUT2D eigenvalue weighted by molar-refractivity contribution is 0.476. The van der Waals surface area contributed by atoms with Crippen molar-refractivity contribution in [1.29, 1.82) is 0 Å². The van der Waals surface area contributed by atoms with Crippen molar-refractivity contribution in [3.05, 3.63) is 48.0 Å². The van der Waals surface area contributed by atoms with Gasteiger partial charge in [0.2, 0.25) is 0 Å². The van der Waals surface area contributed by atoms with Crippen molar-refractivity contribution in [3.8, 4) is 0 Å². The van der Waals surface area contributed by atoms with Crippen molar-refractivity contribution >= 4 is 11.8 Å². The van der Waals surface area contributed by atoms with Gasteiger partial charge in [-0.1, -0.05) is 32.0 Å². The maximum atomic E-state index is 4.65. The minimum absolute atomic E-state index is 0.314. The number of rotatable bonds is 6. The van der Waals surface area contributed by atoms with Gasteiger partial charge in [-0.3, -0.25) is 0 Å². The van der Waals surface area contributed by atoms with E-state index in [9.17, 15) is 0 Å². The highest BCUT2D eigenvalue weighted by atomic mass is 32.2. The number of aryl methyl sites for hydroxylation is 1. The first-order chi connectivity index (χ1) is 10.3. The van der Waals surface area contributed by atoms with Crippen molar-refractivity contribution in [2.75, 3.05) is 6.54 Å². The summed E-state index contributed by atoms with van der Waals surface area (Å²) >= 11 is 1.99. The molecule has 0 aliphatic carbocycles. The summed E-state index contributed by atoms with van der Waals surface area (Å²) in [7, 11) is 0. The molecule has 1 N–H and O–H groups in total. The summed E-state index contributed by atoms with van der Waals surface area (Å²) in [6.45, 7) is 6.40. The Balaban J connectivity index is 1.84. The van der Waals surface area contributed by atoms with Gasteiger partial charge in [0.25, 0.3) is 0 Å². The maximum Gasteiger partial charge on any atom is 0.127 e. The number of benzene rings is 1. The molecule has 2 aromatic rings. The van der Waals surface area contributed by atoms with Crippen LogP contribution in [0, 0.1) is 0 Å². The predicted octanol–water partition coefficient (Wildman–Crippen LogP) is 3.66. The van der Waals surface area contributed by atoms with E-state index < -0.39 is 0 Å². The first-order valence-electron chi connectivity index (χ1n) is 7.82. The quantitative estimate of drug-likeness (QED) is 0.883. The minimum atomic E-state index is 0.314. The van der Waals surface area contributed by atoms with Gasteiger partial charge in [0, 0.05) is 29.1 Å². The van der Waals surface area contributed by atoms with Gasteiger partial charge in [-0.15, -0.1) is 11.8 Å². The van der Waals surface area contributed by atoms with Gasteiger partial charge >= 0.3 is 0 Å². The van der Waals surface area contributed by atoms with E-state index in [1.165, 1.54) is 16.3 Å². The largest absolute Gasteiger partial charge is 0.334 e. The summed E-state index contributed by atoms with van der Waals surface area (Å²) in [6, 6.07) is 9.08. The number of thioether (sulfide) groups is 1. The molecule has 3 nitrogen and oxygen atoms in total. The van der Waals surface area contributed by atoms with Crippen LogP contribution in [0.3, 0.4) is 0 Å². The topological polar surface area (TPSA) is 29.9 Å². The number of aromatic nitrogens is 2. The van der Waals surface area contributed by atoms with Crippen molar-refractivity contribution in [2.24, 2.45) is 0 Å². The van der Waals surface area contributed by atoms with Gasteiger partial charge in [-0.05, 0) is 31.0 Å². The SMILES string of the molecule is CCCn1ccnc1C(NCC)C1Cc2ccccc2S1. The molecule has 0 bridgehead atoms. The Labute approximate surface area is 131 Å². The molecule has 0 fully saturated rings. The standard InChI is InChI=1S/C17H23N3S/c1-3-10-20-11-9-19-17(20)16(18-4-2)15-12-13-7-5-6-8-14(13)21-15/h5-9,11,15-16,18H,3-4,10,12H2,1-2H3. The average molecular weight is 301 g/mol. The fraction of sp³-hybridized carbons (Fsp3) is 0.471. The van der Waals surface area contributed by atoms with Crippen LogP contribution in [0.5, 0.6) is 0 Å². The Hall–Kier alpha value is -1.26. The second-order valence-corrected chi connectivity index (χ2v) is 6.76. The fourth-order valence-corrected chi connectivity index (χ4v) is 4.44. The molecule has 0 radical (unpaired) electrons. The third-order valence-electron chi connectivity index (χ3n) is 3.96. The van der Waals surface area contributed by atoms with E-state index in [-0.39, 0.29) is 0 Å². The van der Waals surface area contributed by atoms with Crippen LogP contribution < -0.4 is 5.32 Å². The Morgan fingerprint density at radius 1 is 1.38 bits per heavy atom. The number of nitrogens with one attached hydrogen (secondary N) is 1. The fourth-order valence-electron chi connectivity index (χ4n) is 3.03. The number of nitrogens with zero attached hydrogens (tertiary/aromatic N) is 2. The van der Waals surface area contributed by atoms with E-state index in [0.717, 1.165) is 25.9 Å². The molecule has 21 heavy (non-hydrogen) atoms. The normalized spacial score (nSPS) is 18.7. The second kappa shape index (κ2) is 6.67. The molecule has 1 aromatic carbocycles. The average Bonchev–Trinajstić information content (AvgIpc) is 3.11. The molecule has 2 heterocycles. The van der Waals surface area contributed by atoms with Crippen LogP contribution in [-0.4, -0.2) is 21.3 Å². The van der Waals surface area contributed by atoms with Gasteiger partial charge < -0.3 is 9.88 Å². The Morgan fingerprint density at radius 3 is 3.00 bits per heavy atom. The van der Waals surface area contributed by atoms with Crippen LogP contribution in [-0.2, 0) is 13.0 Å². The molecular weight excluding hydrogens is 278 g/mol. The van der Waals surface area contributed by atoms with Crippen LogP contribution in [0.15, 0.2) is 41.6 Å². The summed E-state index contributed by atoms with van der Waals surface area (Å²) in [5, 5.41) is 4.18. The highest BCUT2D eigenvalue weighted by Gasteiger charge is 2.32. The molecule has 0 amide bonds. The van der Waals surface area contributed by atoms with Gasteiger partial charge in [0.05, 0.1) is 6.04 Å². The summed E-state index contributed by atoms with van der Waals surface area (Å²) < 4.78 is 2.30. The van der Waals surface area contributed by atoms with Gasteiger partial charge in [0.15, 0.2) is 0 Å².